The molecule has 1 aromatic rings. The molecule has 2 heteroatoms. The quantitative estimate of drug-likeness (QED) is 0.597. The fourth-order valence-electron chi connectivity index (χ4n) is 2.39. The number of benzene rings is 1. The Morgan fingerprint density at radius 2 is 2.07 bits per heavy atom. The molecule has 2 nitrogen and oxygen atoms in total. The molecule has 1 saturated heterocycles. The molecule has 1 fully saturated rings. The lowest BCUT2D eigenvalue weighted by Gasteiger charge is -2.32. The lowest BCUT2D eigenvalue weighted by molar-refractivity contribution is -0.119. The van der Waals surface area contributed by atoms with Crippen LogP contribution in [0.5, 0.6) is 0 Å². The van der Waals surface area contributed by atoms with Crippen LogP contribution in [0, 0.1) is 0 Å². The largest absolute Gasteiger partial charge is 0.370 e. The van der Waals surface area contributed by atoms with Crippen LogP contribution in [0.25, 0.3) is 11.8 Å². The topological polar surface area (TPSA) is 20.3 Å². The van der Waals surface area contributed by atoms with E-state index in [1.165, 1.54) is 16.1 Å². The molecular weight excluding hydrogens is 186 g/mol. The second-order valence-electron chi connectivity index (χ2n) is 4.15. The minimum absolute atomic E-state index is 0.373. The van der Waals surface area contributed by atoms with Crippen LogP contribution >= 0.6 is 0 Å². The van der Waals surface area contributed by atoms with E-state index < -0.39 is 0 Å². The van der Waals surface area contributed by atoms with Crippen molar-refractivity contribution in [3.63, 3.8) is 0 Å². The van der Waals surface area contributed by atoms with E-state index in [4.69, 9.17) is 0 Å². The fourth-order valence-corrected chi connectivity index (χ4v) is 2.39. The molecular formula is C13H13NO. The van der Waals surface area contributed by atoms with Crippen LogP contribution in [0.1, 0.15) is 12.8 Å². The predicted octanol–water partition coefficient (Wildman–Crippen LogP) is 0.254. The lowest BCUT2D eigenvalue weighted by Crippen LogP contribution is -2.43. The molecule has 0 radical (unpaired) electrons. The first-order chi connectivity index (χ1) is 7.34. The molecule has 0 amide bonds. The number of fused-ring (bicyclic) bond motifs is 2. The number of carbonyl (C=O) groups is 1. The smallest absolute Gasteiger partial charge is 0.140 e. The van der Waals surface area contributed by atoms with Crippen LogP contribution in [0.3, 0.4) is 0 Å². The van der Waals surface area contributed by atoms with Gasteiger partial charge in [0.2, 0.25) is 0 Å². The maximum atomic E-state index is 11.5. The third-order valence-electron chi connectivity index (χ3n) is 3.21. The highest BCUT2D eigenvalue weighted by Gasteiger charge is 2.21. The van der Waals surface area contributed by atoms with E-state index in [2.05, 4.69) is 29.2 Å². The SMILES string of the molecule is O=C1CCN2CC=c3ccccc3=C2C1. The van der Waals surface area contributed by atoms with Gasteiger partial charge >= 0.3 is 0 Å². The molecule has 76 valence electrons. The Kier molecular flexibility index (Phi) is 1.88. The van der Waals surface area contributed by atoms with Crippen LogP contribution in [-0.2, 0) is 4.79 Å². The van der Waals surface area contributed by atoms with Crippen molar-refractivity contribution in [1.82, 2.24) is 4.90 Å². The van der Waals surface area contributed by atoms with E-state index in [0.29, 0.717) is 18.6 Å². The number of nitrogens with zero attached hydrogens (tertiary/aromatic N) is 1. The number of piperidine rings is 1. The molecule has 2 heterocycles. The molecule has 0 atom stereocenters. The van der Waals surface area contributed by atoms with Gasteiger partial charge in [0.25, 0.3) is 0 Å². The number of ketones is 1. The van der Waals surface area contributed by atoms with Gasteiger partial charge in [-0.15, -0.1) is 0 Å². The molecule has 0 saturated carbocycles. The molecule has 15 heavy (non-hydrogen) atoms. The minimum atomic E-state index is 0.373. The van der Waals surface area contributed by atoms with Gasteiger partial charge in [-0.1, -0.05) is 30.3 Å². The summed E-state index contributed by atoms with van der Waals surface area (Å²) < 4.78 is 0. The molecule has 0 aromatic heterocycles. The molecule has 0 N–H and O–H groups in total. The normalized spacial score (nSPS) is 19.3. The summed E-state index contributed by atoms with van der Waals surface area (Å²) in [4.78, 5) is 13.8. The summed E-state index contributed by atoms with van der Waals surface area (Å²) in [5.74, 6) is 0.373. The van der Waals surface area contributed by atoms with E-state index in [9.17, 15) is 4.79 Å². The zero-order valence-corrected chi connectivity index (χ0v) is 8.57. The second kappa shape index (κ2) is 3.23. The van der Waals surface area contributed by atoms with E-state index in [1.807, 2.05) is 6.07 Å². The molecule has 0 aliphatic carbocycles. The van der Waals surface area contributed by atoms with Crippen molar-refractivity contribution >= 4 is 17.6 Å². The van der Waals surface area contributed by atoms with Crippen molar-refractivity contribution in [3.8, 4) is 0 Å². The highest BCUT2D eigenvalue weighted by atomic mass is 16.1. The van der Waals surface area contributed by atoms with E-state index in [0.717, 1.165) is 13.1 Å². The average molecular weight is 199 g/mol. The molecule has 2 aliphatic heterocycles. The first-order valence-electron chi connectivity index (χ1n) is 5.40. The molecule has 0 bridgehead atoms. The summed E-state index contributed by atoms with van der Waals surface area (Å²) in [5.41, 5.74) is 1.23. The van der Waals surface area contributed by atoms with Crippen molar-refractivity contribution in [2.24, 2.45) is 0 Å². The van der Waals surface area contributed by atoms with Crippen molar-refractivity contribution in [2.75, 3.05) is 13.1 Å². The van der Waals surface area contributed by atoms with Gasteiger partial charge in [0.15, 0.2) is 0 Å². The highest BCUT2D eigenvalue weighted by Crippen LogP contribution is 2.18. The molecule has 0 unspecified atom stereocenters. The van der Waals surface area contributed by atoms with Crippen LogP contribution < -0.4 is 10.4 Å². The number of Topliss-reactive ketones (excluding diaryl/α,β-unsaturated/α-hetero) is 1. The van der Waals surface area contributed by atoms with E-state index >= 15 is 0 Å². The Morgan fingerprint density at radius 3 is 3.00 bits per heavy atom. The summed E-state index contributed by atoms with van der Waals surface area (Å²) >= 11 is 0. The van der Waals surface area contributed by atoms with Crippen molar-refractivity contribution in [1.29, 1.82) is 0 Å². The number of carbonyl (C=O) groups excluding carboxylic acids is 1. The van der Waals surface area contributed by atoms with Gasteiger partial charge in [0, 0.05) is 36.8 Å². The lowest BCUT2D eigenvalue weighted by atomic mass is 10.00. The van der Waals surface area contributed by atoms with Gasteiger partial charge in [0.05, 0.1) is 0 Å². The van der Waals surface area contributed by atoms with Gasteiger partial charge in [-0.05, 0) is 5.22 Å². The van der Waals surface area contributed by atoms with Crippen molar-refractivity contribution in [2.45, 2.75) is 12.8 Å². The molecule has 2 aliphatic rings. The van der Waals surface area contributed by atoms with Crippen molar-refractivity contribution in [3.05, 3.63) is 34.7 Å². The highest BCUT2D eigenvalue weighted by molar-refractivity contribution is 5.88. The molecule has 1 aromatic carbocycles. The summed E-state index contributed by atoms with van der Waals surface area (Å²) in [5, 5.41) is 2.52. The average Bonchev–Trinajstić information content (AvgIpc) is 2.29. The van der Waals surface area contributed by atoms with Gasteiger partial charge in [-0.3, -0.25) is 4.79 Å². The van der Waals surface area contributed by atoms with E-state index in [1.54, 1.807) is 0 Å². The molecule has 3 rings (SSSR count). The minimum Gasteiger partial charge on any atom is -0.370 e. The molecule has 0 spiro atoms. The third-order valence-corrected chi connectivity index (χ3v) is 3.21. The standard InChI is InChI=1S/C13H13NO/c15-11-6-8-14-7-5-10-3-1-2-4-12(10)13(14)9-11/h1-5H,6-9H2. The van der Waals surface area contributed by atoms with Crippen LogP contribution in [-0.4, -0.2) is 23.8 Å². The van der Waals surface area contributed by atoms with Gasteiger partial charge < -0.3 is 4.90 Å². The van der Waals surface area contributed by atoms with Gasteiger partial charge in [-0.2, -0.15) is 0 Å². The predicted molar refractivity (Wildman–Crippen MR) is 59.4 cm³/mol. The van der Waals surface area contributed by atoms with Crippen molar-refractivity contribution < 1.29 is 4.79 Å². The number of rotatable bonds is 0. The van der Waals surface area contributed by atoms with Crippen LogP contribution in [0.2, 0.25) is 0 Å². The first-order valence-corrected chi connectivity index (χ1v) is 5.40. The van der Waals surface area contributed by atoms with Crippen LogP contribution in [0.15, 0.2) is 24.3 Å². The Morgan fingerprint density at radius 1 is 1.20 bits per heavy atom. The fraction of sp³-hybridized carbons (Fsp3) is 0.308. The zero-order chi connectivity index (χ0) is 10.3. The first kappa shape index (κ1) is 8.72. The summed E-state index contributed by atoms with van der Waals surface area (Å²) in [6.07, 6.45) is 3.57. The maximum Gasteiger partial charge on any atom is 0.140 e. The number of hydrogen-bond donors (Lipinski definition) is 0. The number of hydrogen-bond acceptors (Lipinski definition) is 2. The zero-order valence-electron chi connectivity index (χ0n) is 8.57. The second-order valence-corrected chi connectivity index (χ2v) is 4.15. The van der Waals surface area contributed by atoms with Gasteiger partial charge in [0.1, 0.15) is 5.78 Å². The Labute approximate surface area is 88.5 Å². The maximum absolute atomic E-state index is 11.5. The Bertz CT molecular complexity index is 530. The Balaban J connectivity index is 2.26. The van der Waals surface area contributed by atoms with E-state index in [-0.39, 0.29) is 0 Å². The van der Waals surface area contributed by atoms with Crippen LogP contribution in [0.4, 0.5) is 0 Å². The Hall–Kier alpha value is -1.57. The monoisotopic (exact) mass is 199 g/mol. The summed E-state index contributed by atoms with van der Waals surface area (Å²) in [6, 6.07) is 8.34. The summed E-state index contributed by atoms with van der Waals surface area (Å²) in [7, 11) is 0. The van der Waals surface area contributed by atoms with Gasteiger partial charge in [-0.25, -0.2) is 0 Å². The summed E-state index contributed by atoms with van der Waals surface area (Å²) in [6.45, 7) is 1.85. The third kappa shape index (κ3) is 1.37.